The predicted molar refractivity (Wildman–Crippen MR) is 1.37 cm³/mol. The van der Waals surface area contributed by atoms with Gasteiger partial charge in [0.1, 0.15) is 0 Å². The van der Waals surface area contributed by atoms with Gasteiger partial charge in [-0.3, -0.25) is 0 Å². The second-order valence-electron chi connectivity index (χ2n) is 0. The van der Waals surface area contributed by atoms with E-state index in [-0.39, 0.29) is 64.4 Å². The van der Waals surface area contributed by atoms with Gasteiger partial charge >= 0.3 is 22.4 Å². The molecule has 0 aromatic heterocycles. The van der Waals surface area contributed by atoms with Crippen LogP contribution in [0.4, 0.5) is 0 Å². The Hall–Kier alpha value is 1.71. The topological polar surface area (TPSA) is 57.0 Å². The molecule has 0 heterocycles. The first-order valence-electron chi connectivity index (χ1n) is 0. The van der Waals surface area contributed by atoms with E-state index in [1.807, 2.05) is 0 Å². The Bertz CT molecular complexity index is 6.00. The molecule has 0 aromatic carbocycles. The Balaban J connectivity index is 0. The molecule has 0 aliphatic carbocycles. The van der Waals surface area contributed by atoms with Crippen LogP contribution < -0.4 is 0 Å². The van der Waals surface area contributed by atoms with E-state index in [4.69, 9.17) is 0 Å². The summed E-state index contributed by atoms with van der Waals surface area (Å²) in [6.45, 7) is 0. The molecule has 0 atom stereocenters. The van der Waals surface area contributed by atoms with Crippen LogP contribution in [0.5, 0.6) is 0 Å². The molecular weight excluding hydrogens is 363 g/mol. The van der Waals surface area contributed by atoms with E-state index >= 15 is 0 Å². The second kappa shape index (κ2) is 22.2. The van der Waals surface area contributed by atoms with Gasteiger partial charge < -0.3 is 11.0 Å². The van der Waals surface area contributed by atoms with Gasteiger partial charge in [0.05, 0.1) is 0 Å². The maximum atomic E-state index is 0. The molecule has 0 N–H and O–H groups in total. The van der Waals surface area contributed by atoms with Gasteiger partial charge in [-0.15, -0.1) is 0 Å². The zero-order chi connectivity index (χ0) is 0. The van der Waals surface area contributed by atoms with E-state index in [1.165, 1.54) is 0 Å². The third-order valence-corrected chi connectivity index (χ3v) is 0. The predicted octanol–water partition coefficient (Wildman–Crippen LogP) is -0.240. The monoisotopic (exact) mass is 363 g/mol. The van der Waals surface area contributed by atoms with E-state index in [0.29, 0.717) is 0 Å². The number of rotatable bonds is 0. The van der Waals surface area contributed by atoms with Crippen molar-refractivity contribution in [3.05, 3.63) is 0 Å². The molecule has 0 aromatic rings. The first-order chi connectivity index (χ1) is 0. The van der Waals surface area contributed by atoms with Gasteiger partial charge in [-0.25, -0.2) is 0 Å². The summed E-state index contributed by atoms with van der Waals surface area (Å²) in [5.41, 5.74) is 0. The third kappa shape index (κ3) is 9.31. The van der Waals surface area contributed by atoms with E-state index in [2.05, 4.69) is 0 Å². The van der Waals surface area contributed by atoms with Crippen molar-refractivity contribution in [2.24, 2.45) is 0 Å². The molecule has 0 aliphatic heterocycles. The SMILES string of the molecule is [Nb+5].[O-2].[O-2].[U]. The summed E-state index contributed by atoms with van der Waals surface area (Å²) < 4.78 is 0. The molecule has 0 radical (unpaired) electrons. The van der Waals surface area contributed by atoms with Crippen LogP contribution in [0.2, 0.25) is 0 Å². The van der Waals surface area contributed by atoms with Gasteiger partial charge in [0.25, 0.3) is 0 Å². The van der Waals surface area contributed by atoms with Crippen LogP contribution in [-0.4, -0.2) is 0 Å². The fourth-order valence-electron chi connectivity index (χ4n) is 0. The maximum absolute atomic E-state index is 0. The van der Waals surface area contributed by atoms with Crippen molar-refractivity contribution < 1.29 is 64.4 Å². The summed E-state index contributed by atoms with van der Waals surface area (Å²) in [4.78, 5) is 0. The zero-order valence-corrected chi connectivity index (χ0v) is 8.13. The summed E-state index contributed by atoms with van der Waals surface area (Å²) in [7, 11) is 0. The molecule has 0 bridgehead atoms. The fourth-order valence-corrected chi connectivity index (χ4v) is 0. The summed E-state index contributed by atoms with van der Waals surface area (Å²) in [6.07, 6.45) is 0. The number of hydrogen-bond donors (Lipinski definition) is 0. The van der Waals surface area contributed by atoms with Crippen molar-refractivity contribution in [3.63, 3.8) is 0 Å². The van der Waals surface area contributed by atoms with Gasteiger partial charge in [0.2, 0.25) is 0 Å². The Morgan fingerprint density at radius 2 is 0.750 bits per heavy atom. The third-order valence-electron chi connectivity index (χ3n) is 0. The second-order valence-corrected chi connectivity index (χ2v) is 0. The van der Waals surface area contributed by atoms with Crippen molar-refractivity contribution in [2.75, 3.05) is 0 Å². The normalized spacial score (nSPS) is 0. The van der Waals surface area contributed by atoms with Crippen LogP contribution in [0, 0.1) is 31.1 Å². The Labute approximate surface area is 63.8 Å². The average molecular weight is 363 g/mol. The molecule has 2 nitrogen and oxygen atoms in total. The molecule has 0 rings (SSSR count). The van der Waals surface area contributed by atoms with E-state index in [0.717, 1.165) is 0 Å². The molecule has 0 spiro atoms. The largest absolute Gasteiger partial charge is 5.00 e. The molecule has 20 valence electrons. The summed E-state index contributed by atoms with van der Waals surface area (Å²) >= 11 is 0. The molecule has 0 aliphatic rings. The molecular formula is NbO2U+. The Morgan fingerprint density at radius 1 is 0.750 bits per heavy atom. The molecule has 0 saturated carbocycles. The van der Waals surface area contributed by atoms with Crippen molar-refractivity contribution in [3.8, 4) is 0 Å². The smallest absolute Gasteiger partial charge is 2.00 e. The van der Waals surface area contributed by atoms with Crippen LogP contribution in [0.3, 0.4) is 0 Å². The summed E-state index contributed by atoms with van der Waals surface area (Å²) in [5.74, 6) is 0. The van der Waals surface area contributed by atoms with Crippen LogP contribution >= 0.6 is 0 Å². The molecule has 0 amide bonds. The summed E-state index contributed by atoms with van der Waals surface area (Å²) in [6, 6.07) is 0. The first kappa shape index (κ1) is 43.3. The molecule has 0 fully saturated rings. The van der Waals surface area contributed by atoms with Crippen molar-refractivity contribution in [2.45, 2.75) is 0 Å². The minimum Gasteiger partial charge on any atom is -2.00 e. The quantitative estimate of drug-likeness (QED) is 0.534. The molecule has 4 heavy (non-hydrogen) atoms. The first-order valence-corrected chi connectivity index (χ1v) is 0. The van der Waals surface area contributed by atoms with Gasteiger partial charge in [-0.1, -0.05) is 0 Å². The van der Waals surface area contributed by atoms with Crippen molar-refractivity contribution in [1.82, 2.24) is 0 Å². The average Bonchev–Trinajstić information content (AvgIpc) is 0. The van der Waals surface area contributed by atoms with Gasteiger partial charge in [-0.05, 0) is 0 Å². The van der Waals surface area contributed by atoms with Gasteiger partial charge in [0.15, 0.2) is 0 Å². The van der Waals surface area contributed by atoms with Crippen LogP contribution in [-0.2, 0) is 33.3 Å². The van der Waals surface area contributed by atoms with E-state index in [1.54, 1.807) is 0 Å². The zero-order valence-electron chi connectivity index (χ0n) is 1.76. The van der Waals surface area contributed by atoms with Gasteiger partial charge in [0, 0.05) is 31.1 Å². The molecule has 0 saturated heterocycles. The van der Waals surface area contributed by atoms with E-state index in [9.17, 15) is 0 Å². The Kier molecular flexibility index (Phi) is 240. The standard InChI is InChI=1S/Nb.2O.U/q+5;2*-2;. The van der Waals surface area contributed by atoms with Crippen molar-refractivity contribution in [1.29, 1.82) is 0 Å². The molecule has 4 heteroatoms. The maximum Gasteiger partial charge on any atom is 5.00 e. The van der Waals surface area contributed by atoms with Crippen molar-refractivity contribution >= 4 is 0 Å². The van der Waals surface area contributed by atoms with Crippen LogP contribution in [0.15, 0.2) is 0 Å². The molecule has 0 unspecified atom stereocenters. The minimum atomic E-state index is 0. The van der Waals surface area contributed by atoms with E-state index < -0.39 is 0 Å². The Morgan fingerprint density at radius 3 is 0.750 bits per heavy atom. The van der Waals surface area contributed by atoms with Crippen LogP contribution in [0.1, 0.15) is 0 Å². The van der Waals surface area contributed by atoms with Crippen LogP contribution in [0.25, 0.3) is 0 Å². The fraction of sp³-hybridized carbons (Fsp3) is 0. The van der Waals surface area contributed by atoms with Gasteiger partial charge in [-0.2, -0.15) is 0 Å². The minimum absolute atomic E-state index is 0. The summed E-state index contributed by atoms with van der Waals surface area (Å²) in [5, 5.41) is 0. The number of hydrogen-bond acceptors (Lipinski definition) is 0.